The van der Waals surface area contributed by atoms with Crippen LogP contribution < -0.4 is 4.74 Å². The molecule has 1 unspecified atom stereocenters. The van der Waals surface area contributed by atoms with E-state index in [-0.39, 0.29) is 6.61 Å². The van der Waals surface area contributed by atoms with Gasteiger partial charge in [-0.15, -0.1) is 0 Å². The predicted octanol–water partition coefficient (Wildman–Crippen LogP) is 1.52. The van der Waals surface area contributed by atoms with Gasteiger partial charge in [-0.25, -0.2) is 4.79 Å². The molecule has 1 aliphatic heterocycles. The smallest absolute Gasteiger partial charge is 0.341 e. The first kappa shape index (κ1) is 20.2. The lowest BCUT2D eigenvalue weighted by molar-refractivity contribution is -0.202. The molecule has 0 aliphatic carbocycles. The van der Waals surface area contributed by atoms with Crippen LogP contribution in [0.25, 0.3) is 0 Å². The van der Waals surface area contributed by atoms with Crippen LogP contribution in [-0.2, 0) is 25.6 Å². The Kier molecular flexibility index (Phi) is 5.93. The van der Waals surface area contributed by atoms with Crippen LogP contribution in [0.2, 0.25) is 0 Å². The van der Waals surface area contributed by atoms with Crippen molar-refractivity contribution in [3.05, 3.63) is 29.8 Å². The molecule has 7 heteroatoms. The third kappa shape index (κ3) is 4.74. The summed E-state index contributed by atoms with van der Waals surface area (Å²) in [5, 5.41) is 10.6. The van der Waals surface area contributed by atoms with Crippen molar-refractivity contribution in [3.63, 3.8) is 0 Å². The Morgan fingerprint density at radius 2 is 1.88 bits per heavy atom. The Labute approximate surface area is 153 Å². The molecule has 1 heterocycles. The molecule has 1 fully saturated rings. The highest BCUT2D eigenvalue weighted by atomic mass is 16.6. The fourth-order valence-corrected chi connectivity index (χ4v) is 2.63. The fourth-order valence-electron chi connectivity index (χ4n) is 2.63. The summed E-state index contributed by atoms with van der Waals surface area (Å²) in [6.45, 7) is 7.30. The first-order valence-electron chi connectivity index (χ1n) is 8.54. The largest absolute Gasteiger partial charge is 0.497 e. The van der Waals surface area contributed by atoms with Gasteiger partial charge < -0.3 is 24.2 Å². The maximum atomic E-state index is 12.8. The summed E-state index contributed by atoms with van der Waals surface area (Å²) < 4.78 is 15.8. The zero-order chi connectivity index (χ0) is 19.5. The predicted molar refractivity (Wildman–Crippen MR) is 94.6 cm³/mol. The van der Waals surface area contributed by atoms with E-state index >= 15 is 0 Å². The molecule has 1 aliphatic rings. The number of esters is 1. The van der Waals surface area contributed by atoms with Gasteiger partial charge >= 0.3 is 5.97 Å². The van der Waals surface area contributed by atoms with Crippen molar-refractivity contribution in [3.8, 4) is 5.75 Å². The number of nitrogens with zero attached hydrogens (tertiary/aromatic N) is 1. The van der Waals surface area contributed by atoms with E-state index in [1.54, 1.807) is 32.8 Å². The number of ether oxygens (including phenoxy) is 3. The van der Waals surface area contributed by atoms with Gasteiger partial charge in [0, 0.05) is 13.1 Å². The lowest BCUT2D eigenvalue weighted by atomic mass is 9.96. The van der Waals surface area contributed by atoms with Crippen molar-refractivity contribution >= 4 is 11.9 Å². The van der Waals surface area contributed by atoms with Crippen molar-refractivity contribution < 1.29 is 28.9 Å². The molecule has 1 N–H and O–H groups in total. The summed E-state index contributed by atoms with van der Waals surface area (Å²) in [4.78, 5) is 26.7. The van der Waals surface area contributed by atoms with Gasteiger partial charge in [-0.2, -0.15) is 0 Å². The van der Waals surface area contributed by atoms with Crippen molar-refractivity contribution in [1.29, 1.82) is 0 Å². The number of hydrogen-bond acceptors (Lipinski definition) is 6. The molecular weight excluding hydrogens is 338 g/mol. The van der Waals surface area contributed by atoms with Crippen LogP contribution in [0.5, 0.6) is 5.75 Å². The lowest BCUT2D eigenvalue weighted by Gasteiger charge is -2.39. The van der Waals surface area contributed by atoms with E-state index in [0.29, 0.717) is 13.1 Å². The second kappa shape index (κ2) is 7.63. The minimum atomic E-state index is -2.07. The molecule has 0 radical (unpaired) electrons. The van der Waals surface area contributed by atoms with Crippen LogP contribution in [0.4, 0.5) is 0 Å². The minimum Gasteiger partial charge on any atom is -0.497 e. The van der Waals surface area contributed by atoms with E-state index < -0.39 is 29.2 Å². The summed E-state index contributed by atoms with van der Waals surface area (Å²) in [5.74, 6) is -0.592. The normalized spacial score (nSPS) is 20.5. The van der Waals surface area contributed by atoms with E-state index in [9.17, 15) is 14.7 Å². The molecule has 1 aromatic carbocycles. The second-order valence-corrected chi connectivity index (χ2v) is 7.51. The second-order valence-electron chi connectivity index (χ2n) is 7.51. The van der Waals surface area contributed by atoms with Gasteiger partial charge in [-0.05, 0) is 45.4 Å². The molecule has 7 nitrogen and oxygen atoms in total. The topological polar surface area (TPSA) is 85.3 Å². The van der Waals surface area contributed by atoms with Crippen molar-refractivity contribution in [2.45, 2.75) is 51.5 Å². The SMILES string of the molecule is COc1ccc(CN2CCO[C@H](C(C)(O)C(=O)OC(C)(C)C)C2=O)cc1. The molecule has 144 valence electrons. The molecule has 0 bridgehead atoms. The van der Waals surface area contributed by atoms with Gasteiger partial charge in [0.05, 0.1) is 13.7 Å². The summed E-state index contributed by atoms with van der Waals surface area (Å²) in [5.41, 5.74) is -1.93. The standard InChI is InChI=1S/C19H27NO6/c1-18(2,3)26-17(22)19(4,23)15-16(21)20(10-11-25-15)12-13-6-8-14(24-5)9-7-13/h6-9,15,23H,10-12H2,1-5H3/t15-,19?/m0/s1. The molecule has 1 saturated heterocycles. The van der Waals surface area contributed by atoms with E-state index in [0.717, 1.165) is 11.3 Å². The molecule has 2 atom stereocenters. The quantitative estimate of drug-likeness (QED) is 0.797. The van der Waals surface area contributed by atoms with Gasteiger partial charge in [-0.1, -0.05) is 12.1 Å². The van der Waals surface area contributed by atoms with Gasteiger partial charge in [-0.3, -0.25) is 4.79 Å². The Morgan fingerprint density at radius 1 is 1.27 bits per heavy atom. The van der Waals surface area contributed by atoms with Crippen molar-refractivity contribution in [2.75, 3.05) is 20.3 Å². The molecule has 0 saturated carbocycles. The maximum Gasteiger partial charge on any atom is 0.341 e. The van der Waals surface area contributed by atoms with E-state index in [1.165, 1.54) is 6.92 Å². The molecular formula is C19H27NO6. The number of carbonyl (C=O) groups excluding carboxylic acids is 2. The highest BCUT2D eigenvalue weighted by Gasteiger charge is 2.50. The molecule has 26 heavy (non-hydrogen) atoms. The zero-order valence-electron chi connectivity index (χ0n) is 15.9. The van der Waals surface area contributed by atoms with Crippen LogP contribution in [-0.4, -0.2) is 59.5 Å². The average Bonchev–Trinajstić information content (AvgIpc) is 2.55. The molecule has 1 aromatic rings. The van der Waals surface area contributed by atoms with Gasteiger partial charge in [0.1, 0.15) is 11.4 Å². The highest BCUT2D eigenvalue weighted by molar-refractivity contribution is 5.92. The van der Waals surface area contributed by atoms with E-state index in [2.05, 4.69) is 0 Å². The monoisotopic (exact) mass is 365 g/mol. The van der Waals surface area contributed by atoms with Gasteiger partial charge in [0.25, 0.3) is 5.91 Å². The Morgan fingerprint density at radius 3 is 2.42 bits per heavy atom. The van der Waals surface area contributed by atoms with Crippen molar-refractivity contribution in [2.24, 2.45) is 0 Å². The number of carbonyl (C=O) groups is 2. The Hall–Kier alpha value is -2.12. The number of amides is 1. The van der Waals surface area contributed by atoms with Gasteiger partial charge in [0.2, 0.25) is 0 Å². The first-order valence-corrected chi connectivity index (χ1v) is 8.54. The maximum absolute atomic E-state index is 12.8. The third-order valence-electron chi connectivity index (χ3n) is 4.04. The number of aliphatic hydroxyl groups is 1. The Bertz CT molecular complexity index is 647. The summed E-state index contributed by atoms with van der Waals surface area (Å²) in [6, 6.07) is 7.36. The summed E-state index contributed by atoms with van der Waals surface area (Å²) in [6.07, 6.45) is -1.30. The van der Waals surface area contributed by atoms with E-state index in [4.69, 9.17) is 14.2 Å². The average molecular weight is 365 g/mol. The number of hydrogen-bond donors (Lipinski definition) is 1. The highest BCUT2D eigenvalue weighted by Crippen LogP contribution is 2.25. The lowest BCUT2D eigenvalue weighted by Crippen LogP contribution is -2.60. The Balaban J connectivity index is 2.11. The summed E-state index contributed by atoms with van der Waals surface area (Å²) in [7, 11) is 1.59. The molecule has 2 rings (SSSR count). The summed E-state index contributed by atoms with van der Waals surface area (Å²) >= 11 is 0. The molecule has 0 aromatic heterocycles. The molecule has 1 amide bonds. The van der Waals surface area contributed by atoms with Crippen LogP contribution in [0.15, 0.2) is 24.3 Å². The number of benzene rings is 1. The van der Waals surface area contributed by atoms with Crippen LogP contribution >= 0.6 is 0 Å². The minimum absolute atomic E-state index is 0.228. The zero-order valence-corrected chi connectivity index (χ0v) is 15.9. The van der Waals surface area contributed by atoms with Crippen LogP contribution in [0.3, 0.4) is 0 Å². The number of rotatable bonds is 5. The third-order valence-corrected chi connectivity index (χ3v) is 4.04. The molecule has 0 spiro atoms. The van der Waals surface area contributed by atoms with Crippen LogP contribution in [0, 0.1) is 0 Å². The van der Waals surface area contributed by atoms with Crippen LogP contribution in [0.1, 0.15) is 33.3 Å². The number of methoxy groups -OCH3 is 1. The first-order chi connectivity index (χ1) is 12.0. The van der Waals surface area contributed by atoms with E-state index in [1.807, 2.05) is 24.3 Å². The number of morpholine rings is 1. The van der Waals surface area contributed by atoms with Crippen molar-refractivity contribution in [1.82, 2.24) is 4.90 Å². The fraction of sp³-hybridized carbons (Fsp3) is 0.579. The van der Waals surface area contributed by atoms with Gasteiger partial charge in [0.15, 0.2) is 11.7 Å².